The number of hydrogen-bond donors (Lipinski definition) is 1. The number of nitrogens with zero attached hydrogens (tertiary/aromatic N) is 2. The van der Waals surface area contributed by atoms with Crippen molar-refractivity contribution in [1.29, 1.82) is 0 Å². The highest BCUT2D eigenvalue weighted by molar-refractivity contribution is 6.30. The van der Waals surface area contributed by atoms with Crippen molar-refractivity contribution in [2.24, 2.45) is 0 Å². The van der Waals surface area contributed by atoms with Gasteiger partial charge in [0.2, 0.25) is 0 Å². The zero-order valence-electron chi connectivity index (χ0n) is 11.8. The number of halogens is 1. The minimum absolute atomic E-state index is 0.480. The highest BCUT2D eigenvalue weighted by Crippen LogP contribution is 2.25. The molecule has 0 saturated carbocycles. The first-order valence-electron chi connectivity index (χ1n) is 7.07. The van der Waals surface area contributed by atoms with Gasteiger partial charge in [0, 0.05) is 23.4 Å². The molecule has 3 rings (SSSR count). The Balaban J connectivity index is 1.94. The lowest BCUT2D eigenvalue weighted by Crippen LogP contribution is -2.04. The van der Waals surface area contributed by atoms with Crippen LogP contribution in [0.5, 0.6) is 0 Å². The highest BCUT2D eigenvalue weighted by Gasteiger charge is 2.15. The third-order valence-electron chi connectivity index (χ3n) is 3.65. The second kappa shape index (κ2) is 5.88. The summed E-state index contributed by atoms with van der Waals surface area (Å²) in [6.07, 6.45) is -0.124. The first kappa shape index (κ1) is 14.1. The highest BCUT2D eigenvalue weighted by atomic mass is 35.5. The van der Waals surface area contributed by atoms with Crippen LogP contribution in [0.3, 0.4) is 0 Å². The quantitative estimate of drug-likeness (QED) is 0.791. The van der Waals surface area contributed by atoms with Crippen molar-refractivity contribution in [2.45, 2.75) is 26.0 Å². The van der Waals surface area contributed by atoms with Gasteiger partial charge in [-0.25, -0.2) is 0 Å². The van der Waals surface area contributed by atoms with E-state index in [1.54, 1.807) is 12.1 Å². The molecule has 1 N–H and O–H groups in total. The van der Waals surface area contributed by atoms with Gasteiger partial charge < -0.3 is 5.11 Å². The number of aliphatic hydroxyl groups excluding tert-OH is 1. The maximum Gasteiger partial charge on any atom is 0.0846 e. The lowest BCUT2D eigenvalue weighted by molar-refractivity contribution is 0.177. The molecule has 1 atom stereocenters. The minimum Gasteiger partial charge on any atom is -0.388 e. The Morgan fingerprint density at radius 2 is 2.00 bits per heavy atom. The Bertz CT molecular complexity index is 766. The van der Waals surface area contributed by atoms with Crippen molar-refractivity contribution in [1.82, 2.24) is 9.78 Å². The second-order valence-corrected chi connectivity index (χ2v) is 5.49. The zero-order chi connectivity index (χ0) is 14.8. The number of fused-ring (bicyclic) bond motifs is 1. The smallest absolute Gasteiger partial charge is 0.0846 e. The van der Waals surface area contributed by atoms with Crippen LogP contribution in [-0.4, -0.2) is 14.9 Å². The average molecular weight is 301 g/mol. The number of para-hydroxylation sites is 1. The van der Waals surface area contributed by atoms with E-state index in [1.807, 2.05) is 28.9 Å². The van der Waals surface area contributed by atoms with Gasteiger partial charge in [0.25, 0.3) is 0 Å². The third-order valence-corrected chi connectivity index (χ3v) is 3.89. The summed E-state index contributed by atoms with van der Waals surface area (Å²) in [4.78, 5) is 0. The number of hydrogen-bond acceptors (Lipinski definition) is 2. The molecule has 1 aromatic heterocycles. The first-order chi connectivity index (χ1) is 10.2. The maximum absolute atomic E-state index is 10.4. The monoisotopic (exact) mass is 300 g/mol. The van der Waals surface area contributed by atoms with Crippen LogP contribution in [0.15, 0.2) is 48.5 Å². The van der Waals surface area contributed by atoms with Crippen LogP contribution in [0.4, 0.5) is 0 Å². The first-order valence-corrected chi connectivity index (χ1v) is 7.44. The molecule has 0 spiro atoms. The summed E-state index contributed by atoms with van der Waals surface area (Å²) >= 11 is 5.98. The normalized spacial score (nSPS) is 12.7. The molecule has 108 valence electrons. The van der Waals surface area contributed by atoms with Crippen LogP contribution in [-0.2, 0) is 13.0 Å². The maximum atomic E-state index is 10.4. The number of benzene rings is 2. The van der Waals surface area contributed by atoms with Gasteiger partial charge in [-0.1, -0.05) is 41.9 Å². The van der Waals surface area contributed by atoms with Gasteiger partial charge in [0.05, 0.1) is 17.3 Å². The molecule has 0 aliphatic rings. The second-order valence-electron chi connectivity index (χ2n) is 5.05. The molecule has 0 bridgehead atoms. The summed E-state index contributed by atoms with van der Waals surface area (Å²) in [7, 11) is 0. The van der Waals surface area contributed by atoms with Crippen LogP contribution in [0, 0.1) is 0 Å². The molecular weight excluding hydrogens is 284 g/mol. The molecular formula is C17H17ClN2O. The van der Waals surface area contributed by atoms with Gasteiger partial charge in [-0.2, -0.15) is 5.10 Å². The SMILES string of the molecule is CCn1nc(CC(O)c2cccc(Cl)c2)c2ccccc21. The zero-order valence-corrected chi connectivity index (χ0v) is 12.6. The summed E-state index contributed by atoms with van der Waals surface area (Å²) in [5, 5.41) is 16.8. The summed E-state index contributed by atoms with van der Waals surface area (Å²) in [5.74, 6) is 0. The van der Waals surface area contributed by atoms with Crippen LogP contribution < -0.4 is 0 Å². The van der Waals surface area contributed by atoms with Gasteiger partial charge in [0.15, 0.2) is 0 Å². The van der Waals surface area contributed by atoms with Gasteiger partial charge >= 0.3 is 0 Å². The third kappa shape index (κ3) is 2.80. The van der Waals surface area contributed by atoms with Crippen molar-refractivity contribution in [3.05, 3.63) is 64.8 Å². The van der Waals surface area contributed by atoms with E-state index in [0.717, 1.165) is 28.7 Å². The van der Waals surface area contributed by atoms with Crippen LogP contribution in [0.1, 0.15) is 24.3 Å². The van der Waals surface area contributed by atoms with Gasteiger partial charge in [0.1, 0.15) is 0 Å². The molecule has 2 aromatic carbocycles. The van der Waals surface area contributed by atoms with Crippen LogP contribution in [0.2, 0.25) is 5.02 Å². The number of rotatable bonds is 4. The Morgan fingerprint density at radius 3 is 2.76 bits per heavy atom. The molecule has 3 aromatic rings. The molecule has 21 heavy (non-hydrogen) atoms. The number of aryl methyl sites for hydroxylation is 1. The molecule has 0 amide bonds. The van der Waals surface area contributed by atoms with Crippen molar-refractivity contribution in [3.63, 3.8) is 0 Å². The van der Waals surface area contributed by atoms with Crippen LogP contribution in [0.25, 0.3) is 10.9 Å². The van der Waals surface area contributed by atoms with E-state index in [0.29, 0.717) is 11.4 Å². The lowest BCUT2D eigenvalue weighted by atomic mass is 10.0. The van der Waals surface area contributed by atoms with E-state index >= 15 is 0 Å². The predicted octanol–water partition coefficient (Wildman–Crippen LogP) is 3.99. The predicted molar refractivity (Wildman–Crippen MR) is 85.5 cm³/mol. The fourth-order valence-corrected chi connectivity index (χ4v) is 2.80. The molecule has 0 aliphatic carbocycles. The van der Waals surface area contributed by atoms with E-state index in [2.05, 4.69) is 24.2 Å². The fourth-order valence-electron chi connectivity index (χ4n) is 2.60. The summed E-state index contributed by atoms with van der Waals surface area (Å²) < 4.78 is 1.97. The van der Waals surface area contributed by atoms with Crippen molar-refractivity contribution < 1.29 is 5.11 Å². The van der Waals surface area contributed by atoms with Gasteiger partial charge in [-0.15, -0.1) is 0 Å². The van der Waals surface area contributed by atoms with Crippen LogP contribution >= 0.6 is 11.6 Å². The van der Waals surface area contributed by atoms with Crippen molar-refractivity contribution >= 4 is 22.5 Å². The largest absolute Gasteiger partial charge is 0.388 e. The molecule has 0 fully saturated rings. The molecule has 0 aliphatic heterocycles. The van der Waals surface area contributed by atoms with Gasteiger partial charge in [-0.3, -0.25) is 4.68 Å². The Morgan fingerprint density at radius 1 is 1.19 bits per heavy atom. The van der Waals surface area contributed by atoms with E-state index in [1.165, 1.54) is 0 Å². The molecule has 1 unspecified atom stereocenters. The summed E-state index contributed by atoms with van der Waals surface area (Å²) in [6, 6.07) is 15.5. The average Bonchev–Trinajstić information content (AvgIpc) is 2.85. The Kier molecular flexibility index (Phi) is 3.95. The lowest BCUT2D eigenvalue weighted by Gasteiger charge is -2.10. The fraction of sp³-hybridized carbons (Fsp3) is 0.235. The van der Waals surface area contributed by atoms with Gasteiger partial charge in [-0.05, 0) is 30.7 Å². The Hall–Kier alpha value is -1.84. The van der Waals surface area contributed by atoms with E-state index in [4.69, 9.17) is 11.6 Å². The standard InChI is InChI=1S/C17H17ClN2O/c1-2-20-16-9-4-3-8-14(16)15(19-20)11-17(21)12-6-5-7-13(18)10-12/h3-10,17,21H,2,11H2,1H3. The molecule has 0 radical (unpaired) electrons. The molecule has 0 saturated heterocycles. The van der Waals surface area contributed by atoms with Crippen molar-refractivity contribution in [3.8, 4) is 0 Å². The van der Waals surface area contributed by atoms with Crippen molar-refractivity contribution in [2.75, 3.05) is 0 Å². The minimum atomic E-state index is -0.604. The summed E-state index contributed by atoms with van der Waals surface area (Å²) in [6.45, 7) is 2.88. The Labute approximate surface area is 128 Å². The summed E-state index contributed by atoms with van der Waals surface area (Å²) in [5.41, 5.74) is 2.84. The van der Waals surface area contributed by atoms with E-state index in [-0.39, 0.29) is 0 Å². The van der Waals surface area contributed by atoms with E-state index in [9.17, 15) is 5.11 Å². The number of aromatic nitrogens is 2. The number of aliphatic hydroxyl groups is 1. The van der Waals surface area contributed by atoms with E-state index < -0.39 is 6.10 Å². The molecule has 1 heterocycles. The molecule has 4 heteroatoms. The topological polar surface area (TPSA) is 38.0 Å². The molecule has 3 nitrogen and oxygen atoms in total.